The molecule has 110 valence electrons. The minimum Gasteiger partial charge on any atom is -0.317 e. The van der Waals surface area contributed by atoms with Gasteiger partial charge in [-0.1, -0.05) is 27.7 Å². The van der Waals surface area contributed by atoms with Crippen molar-refractivity contribution in [3.8, 4) is 0 Å². The Kier molecular flexibility index (Phi) is 13.2. The molecule has 0 aromatic heterocycles. The SMILES string of the molecule is CCCNCCCN(CC)CCCN(CC)CC. The normalized spacial score (nSPS) is 11.7. The zero-order chi connectivity index (χ0) is 13.6. The molecule has 0 aliphatic heterocycles. The summed E-state index contributed by atoms with van der Waals surface area (Å²) in [6.45, 7) is 18.6. The van der Waals surface area contributed by atoms with Crippen molar-refractivity contribution in [3.63, 3.8) is 0 Å². The van der Waals surface area contributed by atoms with Gasteiger partial charge < -0.3 is 15.1 Å². The Morgan fingerprint density at radius 1 is 0.667 bits per heavy atom. The summed E-state index contributed by atoms with van der Waals surface area (Å²) >= 11 is 0. The van der Waals surface area contributed by atoms with Gasteiger partial charge in [-0.05, 0) is 71.6 Å². The lowest BCUT2D eigenvalue weighted by Crippen LogP contribution is -2.31. The van der Waals surface area contributed by atoms with Crippen LogP contribution in [0, 0.1) is 0 Å². The molecule has 0 saturated carbocycles. The van der Waals surface area contributed by atoms with E-state index in [0.717, 1.165) is 6.54 Å². The average Bonchev–Trinajstić information content (AvgIpc) is 2.41. The van der Waals surface area contributed by atoms with E-state index in [1.54, 1.807) is 0 Å². The average molecular weight is 257 g/mol. The molecule has 0 fully saturated rings. The van der Waals surface area contributed by atoms with Crippen LogP contribution in [0.1, 0.15) is 47.0 Å². The zero-order valence-corrected chi connectivity index (χ0v) is 13.2. The number of nitrogens with one attached hydrogen (secondary N) is 1. The van der Waals surface area contributed by atoms with Crippen LogP contribution in [0.5, 0.6) is 0 Å². The third-order valence-corrected chi connectivity index (χ3v) is 3.54. The lowest BCUT2D eigenvalue weighted by molar-refractivity contribution is 0.241. The predicted octanol–water partition coefficient (Wildman–Crippen LogP) is 2.43. The molecular weight excluding hydrogens is 222 g/mol. The Labute approximate surface area is 115 Å². The van der Waals surface area contributed by atoms with Crippen LogP contribution in [0.15, 0.2) is 0 Å². The van der Waals surface area contributed by atoms with Gasteiger partial charge in [0.2, 0.25) is 0 Å². The second-order valence-corrected chi connectivity index (χ2v) is 4.92. The quantitative estimate of drug-likeness (QED) is 0.511. The fourth-order valence-electron chi connectivity index (χ4n) is 2.22. The highest BCUT2D eigenvalue weighted by Crippen LogP contribution is 1.96. The molecule has 0 aromatic rings. The Hall–Kier alpha value is -0.120. The Morgan fingerprint density at radius 2 is 1.22 bits per heavy atom. The number of nitrogens with zero attached hydrogens (tertiary/aromatic N) is 2. The summed E-state index contributed by atoms with van der Waals surface area (Å²) in [5.74, 6) is 0. The second kappa shape index (κ2) is 13.3. The smallest absolute Gasteiger partial charge is 0.000665 e. The van der Waals surface area contributed by atoms with Crippen LogP contribution in [-0.4, -0.2) is 62.2 Å². The predicted molar refractivity (Wildman–Crippen MR) is 82.3 cm³/mol. The maximum atomic E-state index is 3.47. The highest BCUT2D eigenvalue weighted by molar-refractivity contribution is 4.60. The molecule has 0 radical (unpaired) electrons. The van der Waals surface area contributed by atoms with Crippen molar-refractivity contribution in [3.05, 3.63) is 0 Å². The van der Waals surface area contributed by atoms with Crippen molar-refractivity contribution in [2.45, 2.75) is 47.0 Å². The minimum atomic E-state index is 1.16. The van der Waals surface area contributed by atoms with Crippen molar-refractivity contribution < 1.29 is 0 Å². The summed E-state index contributed by atoms with van der Waals surface area (Å²) in [6, 6.07) is 0. The Balaban J connectivity index is 3.51. The third-order valence-electron chi connectivity index (χ3n) is 3.54. The van der Waals surface area contributed by atoms with Gasteiger partial charge in [0.25, 0.3) is 0 Å². The summed E-state index contributed by atoms with van der Waals surface area (Å²) in [6.07, 6.45) is 3.82. The molecule has 3 heteroatoms. The van der Waals surface area contributed by atoms with E-state index in [4.69, 9.17) is 0 Å². The summed E-state index contributed by atoms with van der Waals surface area (Å²) in [4.78, 5) is 5.09. The topological polar surface area (TPSA) is 18.5 Å². The highest BCUT2D eigenvalue weighted by Gasteiger charge is 2.03. The standard InChI is InChI=1S/C15H35N3/c1-5-11-16-12-9-13-18(8-4)15-10-14-17(6-2)7-3/h16H,5-15H2,1-4H3. The van der Waals surface area contributed by atoms with E-state index >= 15 is 0 Å². The monoisotopic (exact) mass is 257 g/mol. The van der Waals surface area contributed by atoms with Crippen LogP contribution in [0.2, 0.25) is 0 Å². The molecule has 18 heavy (non-hydrogen) atoms. The Morgan fingerprint density at radius 3 is 1.78 bits per heavy atom. The summed E-state index contributed by atoms with van der Waals surface area (Å²) < 4.78 is 0. The van der Waals surface area contributed by atoms with Gasteiger partial charge in [0.05, 0.1) is 0 Å². The molecule has 1 N–H and O–H groups in total. The summed E-state index contributed by atoms with van der Waals surface area (Å²) in [7, 11) is 0. The van der Waals surface area contributed by atoms with Gasteiger partial charge in [-0.3, -0.25) is 0 Å². The van der Waals surface area contributed by atoms with Gasteiger partial charge in [-0.25, -0.2) is 0 Å². The van der Waals surface area contributed by atoms with Crippen LogP contribution in [0.4, 0.5) is 0 Å². The van der Waals surface area contributed by atoms with Crippen LogP contribution in [-0.2, 0) is 0 Å². The molecule has 3 nitrogen and oxygen atoms in total. The molecule has 0 heterocycles. The fourth-order valence-corrected chi connectivity index (χ4v) is 2.22. The molecule has 0 amide bonds. The first kappa shape index (κ1) is 17.9. The molecule has 0 aliphatic carbocycles. The molecule has 0 bridgehead atoms. The first-order valence-corrected chi connectivity index (χ1v) is 7.93. The molecule has 0 rings (SSSR count). The van der Waals surface area contributed by atoms with Gasteiger partial charge in [-0.2, -0.15) is 0 Å². The van der Waals surface area contributed by atoms with Crippen molar-refractivity contribution >= 4 is 0 Å². The van der Waals surface area contributed by atoms with Crippen LogP contribution >= 0.6 is 0 Å². The van der Waals surface area contributed by atoms with E-state index in [-0.39, 0.29) is 0 Å². The van der Waals surface area contributed by atoms with Crippen molar-refractivity contribution in [1.29, 1.82) is 0 Å². The van der Waals surface area contributed by atoms with E-state index in [1.807, 2.05) is 0 Å². The second-order valence-electron chi connectivity index (χ2n) is 4.92. The van der Waals surface area contributed by atoms with E-state index in [0.29, 0.717) is 0 Å². The minimum absolute atomic E-state index is 1.16. The summed E-state index contributed by atoms with van der Waals surface area (Å²) in [5, 5.41) is 3.47. The molecule has 0 saturated heterocycles. The molecule has 0 atom stereocenters. The van der Waals surface area contributed by atoms with Crippen LogP contribution in [0.3, 0.4) is 0 Å². The van der Waals surface area contributed by atoms with Crippen LogP contribution in [0.25, 0.3) is 0 Å². The lowest BCUT2D eigenvalue weighted by Gasteiger charge is -2.23. The molecule has 0 unspecified atom stereocenters. The number of hydrogen-bond donors (Lipinski definition) is 1. The summed E-state index contributed by atoms with van der Waals surface area (Å²) in [5.41, 5.74) is 0. The maximum absolute atomic E-state index is 3.47. The Bertz CT molecular complexity index is 158. The van der Waals surface area contributed by atoms with Gasteiger partial charge in [0.1, 0.15) is 0 Å². The highest BCUT2D eigenvalue weighted by atomic mass is 15.1. The lowest BCUT2D eigenvalue weighted by atomic mass is 10.3. The first-order chi connectivity index (χ1) is 8.78. The molecule has 0 aromatic carbocycles. The van der Waals surface area contributed by atoms with Gasteiger partial charge in [0.15, 0.2) is 0 Å². The van der Waals surface area contributed by atoms with E-state index in [1.165, 1.54) is 65.1 Å². The van der Waals surface area contributed by atoms with E-state index < -0.39 is 0 Å². The van der Waals surface area contributed by atoms with Crippen molar-refractivity contribution in [2.75, 3.05) is 52.4 Å². The molecule has 0 spiro atoms. The van der Waals surface area contributed by atoms with Crippen molar-refractivity contribution in [2.24, 2.45) is 0 Å². The van der Waals surface area contributed by atoms with Crippen LogP contribution < -0.4 is 5.32 Å². The van der Waals surface area contributed by atoms with Gasteiger partial charge in [0, 0.05) is 0 Å². The van der Waals surface area contributed by atoms with Gasteiger partial charge >= 0.3 is 0 Å². The zero-order valence-electron chi connectivity index (χ0n) is 13.2. The fraction of sp³-hybridized carbons (Fsp3) is 1.00. The van der Waals surface area contributed by atoms with E-state index in [9.17, 15) is 0 Å². The first-order valence-electron chi connectivity index (χ1n) is 7.93. The number of hydrogen-bond acceptors (Lipinski definition) is 3. The van der Waals surface area contributed by atoms with Gasteiger partial charge in [-0.15, -0.1) is 0 Å². The number of rotatable bonds is 13. The maximum Gasteiger partial charge on any atom is -0.000665 e. The van der Waals surface area contributed by atoms with Crippen molar-refractivity contribution in [1.82, 2.24) is 15.1 Å². The third kappa shape index (κ3) is 9.86. The molecular formula is C15H35N3. The van der Waals surface area contributed by atoms with E-state index in [2.05, 4.69) is 42.8 Å². The molecule has 0 aliphatic rings. The largest absolute Gasteiger partial charge is 0.317 e.